The molecule has 4 heteroatoms. The van der Waals surface area contributed by atoms with Crippen molar-refractivity contribution in [3.63, 3.8) is 0 Å². The summed E-state index contributed by atoms with van der Waals surface area (Å²) in [5.41, 5.74) is 6.90. The molecule has 1 saturated heterocycles. The van der Waals surface area contributed by atoms with Gasteiger partial charge in [-0.15, -0.1) is 0 Å². The minimum Gasteiger partial charge on any atom is -0.384 e. The van der Waals surface area contributed by atoms with Crippen LogP contribution in [0.3, 0.4) is 0 Å². The van der Waals surface area contributed by atoms with E-state index < -0.39 is 0 Å². The molecule has 1 fully saturated rings. The van der Waals surface area contributed by atoms with Gasteiger partial charge in [-0.1, -0.05) is 13.8 Å². The van der Waals surface area contributed by atoms with Gasteiger partial charge >= 0.3 is 0 Å². The van der Waals surface area contributed by atoms with Crippen LogP contribution in [0.25, 0.3) is 0 Å². The smallest absolute Gasteiger partial charge is 0.133 e. The molecule has 1 aliphatic rings. The molecule has 2 heterocycles. The Morgan fingerprint density at radius 2 is 2.00 bits per heavy atom. The van der Waals surface area contributed by atoms with E-state index in [0.717, 1.165) is 37.6 Å². The Morgan fingerprint density at radius 3 is 2.62 bits per heavy atom. The molecule has 1 aromatic rings. The lowest BCUT2D eigenvalue weighted by Crippen LogP contribution is -2.16. The summed E-state index contributed by atoms with van der Waals surface area (Å²) in [5.74, 6) is 2.24. The molecule has 16 heavy (non-hydrogen) atoms. The van der Waals surface area contributed by atoms with Crippen LogP contribution in [0.5, 0.6) is 0 Å². The maximum Gasteiger partial charge on any atom is 0.133 e. The number of hydrogen-bond acceptors (Lipinski definition) is 4. The topological polar surface area (TPSA) is 61.0 Å². The standard InChI is InChI=1S/C12H19N3O/c1-8(2)12-14-10(7-11(13)15-12)9-3-5-16-6-4-9/h7-9H,3-6H2,1-2H3,(H2,13,14,15). The highest BCUT2D eigenvalue weighted by molar-refractivity contribution is 5.32. The van der Waals surface area contributed by atoms with Gasteiger partial charge < -0.3 is 10.5 Å². The van der Waals surface area contributed by atoms with E-state index in [1.54, 1.807) is 0 Å². The fourth-order valence-electron chi connectivity index (χ4n) is 1.97. The average Bonchev–Trinajstić information content (AvgIpc) is 2.29. The van der Waals surface area contributed by atoms with Crippen LogP contribution in [0.15, 0.2) is 6.07 Å². The molecule has 0 radical (unpaired) electrons. The number of nitrogens with two attached hydrogens (primary N) is 1. The molecule has 2 rings (SSSR count). The van der Waals surface area contributed by atoms with Gasteiger partial charge in [0.15, 0.2) is 0 Å². The SMILES string of the molecule is CC(C)c1nc(N)cc(C2CCOCC2)n1. The molecular formula is C12H19N3O. The van der Waals surface area contributed by atoms with E-state index in [1.165, 1.54) is 0 Å². The van der Waals surface area contributed by atoms with E-state index in [4.69, 9.17) is 10.5 Å². The summed E-state index contributed by atoms with van der Waals surface area (Å²) in [6.07, 6.45) is 2.07. The quantitative estimate of drug-likeness (QED) is 0.830. The lowest BCUT2D eigenvalue weighted by molar-refractivity contribution is 0.0844. The van der Waals surface area contributed by atoms with E-state index >= 15 is 0 Å². The van der Waals surface area contributed by atoms with Crippen LogP contribution in [-0.4, -0.2) is 23.2 Å². The first-order valence-corrected chi connectivity index (χ1v) is 5.89. The Labute approximate surface area is 96.2 Å². The largest absolute Gasteiger partial charge is 0.384 e. The highest BCUT2D eigenvalue weighted by Crippen LogP contribution is 2.27. The molecule has 0 unspecified atom stereocenters. The maximum absolute atomic E-state index is 5.82. The van der Waals surface area contributed by atoms with Gasteiger partial charge in [-0.3, -0.25) is 0 Å². The van der Waals surface area contributed by atoms with Crippen LogP contribution in [0.4, 0.5) is 5.82 Å². The van der Waals surface area contributed by atoms with Gasteiger partial charge in [0.1, 0.15) is 11.6 Å². The summed E-state index contributed by atoms with van der Waals surface area (Å²) >= 11 is 0. The third-order valence-electron chi connectivity index (χ3n) is 2.94. The van der Waals surface area contributed by atoms with Crippen molar-refractivity contribution in [2.45, 2.75) is 38.5 Å². The first kappa shape index (κ1) is 11.3. The highest BCUT2D eigenvalue weighted by Gasteiger charge is 2.19. The Hall–Kier alpha value is -1.16. The van der Waals surface area contributed by atoms with E-state index in [1.807, 2.05) is 6.07 Å². The molecule has 88 valence electrons. The lowest BCUT2D eigenvalue weighted by Gasteiger charge is -2.22. The zero-order valence-electron chi connectivity index (χ0n) is 9.94. The minimum absolute atomic E-state index is 0.321. The van der Waals surface area contributed by atoms with Crippen molar-refractivity contribution in [2.24, 2.45) is 0 Å². The Bertz CT molecular complexity index is 359. The molecule has 0 atom stereocenters. The summed E-state index contributed by atoms with van der Waals surface area (Å²) < 4.78 is 5.35. The van der Waals surface area contributed by atoms with Crippen molar-refractivity contribution in [2.75, 3.05) is 18.9 Å². The molecule has 0 spiro atoms. The van der Waals surface area contributed by atoms with E-state index in [-0.39, 0.29) is 0 Å². The molecule has 0 aromatic carbocycles. The van der Waals surface area contributed by atoms with Gasteiger partial charge in [0.05, 0.1) is 0 Å². The predicted molar refractivity (Wildman–Crippen MR) is 63.3 cm³/mol. The summed E-state index contributed by atoms with van der Waals surface area (Å²) in [5, 5.41) is 0. The molecule has 1 aromatic heterocycles. The summed E-state index contributed by atoms with van der Waals surface area (Å²) in [6.45, 7) is 5.82. The lowest BCUT2D eigenvalue weighted by atomic mass is 9.96. The third-order valence-corrected chi connectivity index (χ3v) is 2.94. The second-order valence-corrected chi connectivity index (χ2v) is 4.62. The molecule has 1 aliphatic heterocycles. The van der Waals surface area contributed by atoms with Gasteiger partial charge in [0, 0.05) is 36.8 Å². The average molecular weight is 221 g/mol. The van der Waals surface area contributed by atoms with Crippen molar-refractivity contribution in [3.05, 3.63) is 17.6 Å². The van der Waals surface area contributed by atoms with Crippen LogP contribution >= 0.6 is 0 Å². The number of nitrogen functional groups attached to an aromatic ring is 1. The van der Waals surface area contributed by atoms with Gasteiger partial charge in [-0.25, -0.2) is 9.97 Å². The summed E-state index contributed by atoms with van der Waals surface area (Å²) in [6, 6.07) is 1.90. The van der Waals surface area contributed by atoms with Gasteiger partial charge in [-0.05, 0) is 12.8 Å². The van der Waals surface area contributed by atoms with E-state index in [9.17, 15) is 0 Å². The van der Waals surface area contributed by atoms with Crippen molar-refractivity contribution in [1.82, 2.24) is 9.97 Å². The number of rotatable bonds is 2. The maximum atomic E-state index is 5.82. The number of aromatic nitrogens is 2. The molecule has 0 amide bonds. The minimum atomic E-state index is 0.321. The molecule has 2 N–H and O–H groups in total. The molecule has 4 nitrogen and oxygen atoms in total. The van der Waals surface area contributed by atoms with Gasteiger partial charge in [0.2, 0.25) is 0 Å². The van der Waals surface area contributed by atoms with Crippen molar-refractivity contribution >= 4 is 5.82 Å². The van der Waals surface area contributed by atoms with Gasteiger partial charge in [0.25, 0.3) is 0 Å². The second-order valence-electron chi connectivity index (χ2n) is 4.62. The van der Waals surface area contributed by atoms with Crippen molar-refractivity contribution in [1.29, 1.82) is 0 Å². The fourth-order valence-corrected chi connectivity index (χ4v) is 1.97. The predicted octanol–water partition coefficient (Wildman–Crippen LogP) is 2.08. The number of hydrogen-bond donors (Lipinski definition) is 1. The first-order chi connectivity index (χ1) is 7.66. The molecular weight excluding hydrogens is 202 g/mol. The zero-order chi connectivity index (χ0) is 11.5. The molecule has 0 aliphatic carbocycles. The van der Waals surface area contributed by atoms with Crippen molar-refractivity contribution in [3.8, 4) is 0 Å². The van der Waals surface area contributed by atoms with Crippen LogP contribution in [0.2, 0.25) is 0 Å². The number of anilines is 1. The van der Waals surface area contributed by atoms with Crippen molar-refractivity contribution < 1.29 is 4.74 Å². The Kier molecular flexibility index (Phi) is 3.39. The monoisotopic (exact) mass is 221 g/mol. The van der Waals surface area contributed by atoms with Crippen LogP contribution in [0, 0.1) is 0 Å². The Balaban J connectivity index is 2.25. The third kappa shape index (κ3) is 2.50. The van der Waals surface area contributed by atoms with Crippen LogP contribution < -0.4 is 5.73 Å². The fraction of sp³-hybridized carbons (Fsp3) is 0.667. The first-order valence-electron chi connectivity index (χ1n) is 5.89. The second kappa shape index (κ2) is 4.78. The molecule has 0 saturated carbocycles. The summed E-state index contributed by atoms with van der Waals surface area (Å²) in [4.78, 5) is 8.87. The van der Waals surface area contributed by atoms with Crippen LogP contribution in [-0.2, 0) is 4.74 Å². The number of ether oxygens (including phenoxy) is 1. The Morgan fingerprint density at radius 1 is 1.31 bits per heavy atom. The highest BCUT2D eigenvalue weighted by atomic mass is 16.5. The van der Waals surface area contributed by atoms with Gasteiger partial charge in [-0.2, -0.15) is 0 Å². The normalized spacial score (nSPS) is 17.9. The van der Waals surface area contributed by atoms with Crippen LogP contribution in [0.1, 0.15) is 50.0 Å². The summed E-state index contributed by atoms with van der Waals surface area (Å²) in [7, 11) is 0. The molecule has 0 bridgehead atoms. The van der Waals surface area contributed by atoms with E-state index in [2.05, 4.69) is 23.8 Å². The van der Waals surface area contributed by atoms with E-state index in [0.29, 0.717) is 17.7 Å². The zero-order valence-corrected chi connectivity index (χ0v) is 9.94. The number of nitrogens with zero attached hydrogens (tertiary/aromatic N) is 2.